The van der Waals surface area contributed by atoms with Crippen LogP contribution in [-0.4, -0.2) is 218 Å². The number of nitrogens with one attached hydrogen (secondary N) is 20. The minimum absolute atomic E-state index is 0.000531. The first-order chi connectivity index (χ1) is 57.3. The second kappa shape index (κ2) is 43.9. The normalized spacial score (nSPS) is 23.6. The minimum atomic E-state index is -2.04. The summed E-state index contributed by atoms with van der Waals surface area (Å²) in [5, 5.41) is 74.3. The number of hydrogen-bond acceptors (Lipinski definition) is 20. The molecule has 6 aromatic rings. The van der Waals surface area contributed by atoms with Gasteiger partial charge in [0.25, 0.3) is 11.8 Å². The largest absolute Gasteiger partial charge is 0.481 e. The predicted octanol–water partition coefficient (Wildman–Crippen LogP) is -0.919. The third-order valence-electron chi connectivity index (χ3n) is 20.5. The summed E-state index contributed by atoms with van der Waals surface area (Å²) in [6.07, 6.45) is 2.05. The van der Waals surface area contributed by atoms with Crippen LogP contribution in [0.25, 0.3) is 32.6 Å². The van der Waals surface area contributed by atoms with Gasteiger partial charge in [-0.2, -0.15) is 0 Å². The van der Waals surface area contributed by atoms with E-state index in [0.29, 0.717) is 75.9 Å². The molecule has 3 aliphatic rings. The molecule has 1 aliphatic carbocycles. The van der Waals surface area contributed by atoms with Crippen molar-refractivity contribution in [2.24, 2.45) is 28.9 Å². The molecule has 120 heavy (non-hydrogen) atoms. The lowest BCUT2D eigenvalue weighted by atomic mass is 9.96. The number of benzene rings is 4. The Morgan fingerprint density at radius 3 is 1.51 bits per heavy atom. The molecule has 2 saturated heterocycles. The van der Waals surface area contributed by atoms with Crippen LogP contribution in [0, 0.1) is 22.1 Å². The van der Waals surface area contributed by atoms with E-state index in [1.165, 1.54) is 13.8 Å². The molecule has 14 amide bonds. The zero-order valence-electron chi connectivity index (χ0n) is 66.1. The molecule has 1 saturated carbocycles. The summed E-state index contributed by atoms with van der Waals surface area (Å²) in [6, 6.07) is 8.44. The van der Waals surface area contributed by atoms with Crippen LogP contribution in [-0.2, 0) is 81.6 Å². The van der Waals surface area contributed by atoms with Gasteiger partial charge in [0.15, 0.2) is 23.3 Å². The molecule has 29 N–H and O–H groups in total. The highest BCUT2D eigenvalue weighted by atomic mass is 33.1. The van der Waals surface area contributed by atoms with Gasteiger partial charge in [0.1, 0.15) is 60.4 Å². The zero-order chi connectivity index (χ0) is 86.7. The standard InChI is InChI=1S/C78H104N24O15S3/c1-78(2)61-72(116)94-51(23-12-29-87-75(82)83)64(108)95-55(34-44-37-89-48-20-9-7-18-46(44)48)69(113)99-60(42-15-4-5-16-42)71(115)101-73(62(79)106)118-39-58(103)91-54(33-40-25-26-41-14-3-6-17-43(41)32-40)67(111)92-50(22-11-28-86-74(80)81)63(107)93-53(27-31-119-120-78)66(110)102-77(117)98-52(24-13-30-88-76(84)85)65(109)97-57(36-59(104)105)68(112)96-56(70(114)100-61)35-45-38-90-49-21-10-8-19-47(45)49/h3,6-10,14,17-21,25-26,32,37-38,42,50-57,60-61,73,89-90H,4-5,11-13,15-16,22-24,27-31,33-36,39H2,1-2H3,(H2,79,106)(H,91,103)(H,92,111)(H,93,107)(H,94,116)(H,95,108)(H,96,112)(H,97,109)(H,99,113)(H,100,114)(H,101,115)(H,104,105)(H4,80,81,86)(H4,82,83,87)(H4,84,85,88)(H2,98,102,110,117)/t50-,51-,52-,53-,54-,55-,56-,57-,60-,61+,73-/m0/s1. The fraction of sp³-hybridized carbons (Fsp3) is 0.449. The Bertz CT molecular complexity index is 4790. The number of carbonyl (C=O) groups is 14. The molecular weight excluding hydrogens is 1610 g/mol. The van der Waals surface area contributed by atoms with Gasteiger partial charge >= 0.3 is 12.0 Å². The average Bonchev–Trinajstić information content (AvgIpc) is 1.79. The van der Waals surface area contributed by atoms with Gasteiger partial charge in [0, 0.05) is 83.6 Å². The number of carboxylic acids is 1. The molecule has 0 unspecified atom stereocenters. The summed E-state index contributed by atoms with van der Waals surface area (Å²) in [5.74, 6) is -16.8. The van der Waals surface area contributed by atoms with Crippen LogP contribution in [0.3, 0.4) is 0 Å². The van der Waals surface area contributed by atoms with Crippen LogP contribution in [0.2, 0.25) is 0 Å². The van der Waals surface area contributed by atoms with Crippen LogP contribution < -0.4 is 103 Å². The maximum absolute atomic E-state index is 15.9. The van der Waals surface area contributed by atoms with Crippen molar-refractivity contribution in [2.45, 2.75) is 181 Å². The van der Waals surface area contributed by atoms with E-state index in [0.717, 1.165) is 32.4 Å². The molecule has 644 valence electrons. The number of thioether (sulfide) groups is 1. The number of aromatic nitrogens is 2. The molecule has 4 heterocycles. The first kappa shape index (κ1) is 91.6. The van der Waals surface area contributed by atoms with Crippen molar-refractivity contribution in [1.29, 1.82) is 16.2 Å². The van der Waals surface area contributed by atoms with Crippen molar-refractivity contribution in [2.75, 3.05) is 31.1 Å². The highest BCUT2D eigenvalue weighted by Crippen LogP contribution is 2.39. The number of rotatable bonds is 22. The van der Waals surface area contributed by atoms with Crippen LogP contribution in [0.5, 0.6) is 0 Å². The fourth-order valence-corrected chi connectivity index (χ4v) is 17.8. The molecule has 2 aromatic heterocycles. The number of carboxylic acid groups (broad SMARTS) is 1. The third kappa shape index (κ3) is 27.1. The van der Waals surface area contributed by atoms with Gasteiger partial charge in [-0.1, -0.05) is 113 Å². The molecule has 2 bridgehead atoms. The molecule has 11 atom stereocenters. The lowest BCUT2D eigenvalue weighted by molar-refractivity contribution is -0.141. The highest BCUT2D eigenvalue weighted by Gasteiger charge is 2.44. The van der Waals surface area contributed by atoms with E-state index < -0.39 is 189 Å². The van der Waals surface area contributed by atoms with E-state index in [1.807, 2.05) is 18.2 Å². The number of hydrogen-bond donors (Lipinski definition) is 25. The number of fused-ring (bicyclic) bond motifs is 9. The maximum atomic E-state index is 15.9. The molecule has 9 rings (SSSR count). The van der Waals surface area contributed by atoms with Crippen molar-refractivity contribution in [1.82, 2.24) is 89.7 Å². The smallest absolute Gasteiger partial charge is 0.322 e. The Morgan fingerprint density at radius 1 is 0.492 bits per heavy atom. The quantitative estimate of drug-likeness (QED) is 0.0169. The van der Waals surface area contributed by atoms with Gasteiger partial charge in [0.05, 0.1) is 12.2 Å². The summed E-state index contributed by atoms with van der Waals surface area (Å²) < 4.78 is -1.60. The molecule has 4 aromatic carbocycles. The molecule has 42 heteroatoms. The fourth-order valence-electron chi connectivity index (χ4n) is 14.3. The number of amides is 14. The van der Waals surface area contributed by atoms with Gasteiger partial charge in [-0.3, -0.25) is 83.9 Å². The number of para-hydroxylation sites is 2. The number of primary amides is 1. The van der Waals surface area contributed by atoms with Crippen LogP contribution in [0.4, 0.5) is 4.79 Å². The lowest BCUT2D eigenvalue weighted by Gasteiger charge is -2.35. The van der Waals surface area contributed by atoms with E-state index >= 15 is 28.8 Å². The third-order valence-corrected chi connectivity index (χ3v) is 24.9. The minimum Gasteiger partial charge on any atom is -0.481 e. The number of aromatic amines is 2. The van der Waals surface area contributed by atoms with Crippen molar-refractivity contribution >= 4 is 167 Å². The number of nitrogens with two attached hydrogens (primary N) is 4. The molecular formula is C78H104N24O15S3. The maximum Gasteiger partial charge on any atom is 0.322 e. The lowest BCUT2D eigenvalue weighted by Crippen LogP contribution is -2.64. The van der Waals surface area contributed by atoms with Crippen LogP contribution in [0.15, 0.2) is 103 Å². The molecule has 39 nitrogen and oxygen atoms in total. The van der Waals surface area contributed by atoms with Gasteiger partial charge in [-0.25, -0.2) is 4.79 Å². The summed E-state index contributed by atoms with van der Waals surface area (Å²) >= 11 is 0.582. The van der Waals surface area contributed by atoms with Crippen molar-refractivity contribution < 1.29 is 72.2 Å². The van der Waals surface area contributed by atoms with Crippen molar-refractivity contribution in [3.05, 3.63) is 120 Å². The van der Waals surface area contributed by atoms with Gasteiger partial charge in [-0.05, 0) is 117 Å². The van der Waals surface area contributed by atoms with Crippen LogP contribution in [0.1, 0.15) is 108 Å². The summed E-state index contributed by atoms with van der Waals surface area (Å²) in [6.45, 7) is 2.93. The monoisotopic (exact) mass is 1710 g/mol. The number of aliphatic carboxylic acids is 1. The number of guanidine groups is 3. The number of urea groups is 1. The van der Waals surface area contributed by atoms with Gasteiger partial charge < -0.3 is 112 Å². The van der Waals surface area contributed by atoms with E-state index in [1.54, 1.807) is 85.2 Å². The van der Waals surface area contributed by atoms with E-state index in [-0.39, 0.29) is 89.6 Å². The Labute approximate surface area is 701 Å². The Balaban J connectivity index is 1.18. The number of carbonyl (C=O) groups excluding carboxylic acids is 13. The molecule has 3 fully saturated rings. The van der Waals surface area contributed by atoms with E-state index in [9.17, 15) is 43.5 Å². The van der Waals surface area contributed by atoms with Crippen molar-refractivity contribution in [3.8, 4) is 0 Å². The number of H-pyrrole nitrogens is 2. The van der Waals surface area contributed by atoms with Gasteiger partial charge in [0.2, 0.25) is 59.1 Å². The SMILES string of the molecule is CC1(C)SSCC[C@@H]2NC(=O)[C@H](CCCNC(=N)N)NC(=O)[C@H](Cc3ccc4ccccc4c3)NC(=O)CS[C@@H](C(N)=O)NC(=O)[C@H](C3CCCC3)NC(=O)[C@H](Cc3c[nH]c4ccccc34)NC(=O)[C@H](CCCNC(=N)N)NC(=O)[C@H]1NC(=O)[C@H](Cc1c[nH]c3ccccc13)NC(=O)[C@H](CC(=O)O)NC(=O)[C@H](CCCNC(=N)N)NC(=O)NC2=O. The second-order valence-corrected chi connectivity index (χ2v) is 34.1. The molecule has 0 spiro atoms. The second-order valence-electron chi connectivity index (χ2n) is 29.9. The number of imide groups is 1. The zero-order valence-corrected chi connectivity index (χ0v) is 68.5. The van der Waals surface area contributed by atoms with E-state index in [4.69, 9.17) is 39.2 Å². The Morgan fingerprint density at radius 2 is 0.958 bits per heavy atom. The van der Waals surface area contributed by atoms with Crippen molar-refractivity contribution in [3.63, 3.8) is 0 Å². The highest BCUT2D eigenvalue weighted by molar-refractivity contribution is 8.77. The Hall–Kier alpha value is -12.3. The first-order valence-corrected chi connectivity index (χ1v) is 42.5. The molecule has 2 aliphatic heterocycles. The topological polar surface area (TPSA) is 647 Å². The van der Waals surface area contributed by atoms with Crippen LogP contribution >= 0.6 is 33.3 Å². The summed E-state index contributed by atoms with van der Waals surface area (Å²) in [5.41, 5.74) is 25.6. The summed E-state index contributed by atoms with van der Waals surface area (Å²) in [4.78, 5) is 214. The van der Waals surface area contributed by atoms with E-state index in [2.05, 4.69) is 89.7 Å². The Kier molecular flexibility index (Phi) is 33.5. The predicted molar refractivity (Wildman–Crippen MR) is 453 cm³/mol. The molecule has 0 radical (unpaired) electrons. The van der Waals surface area contributed by atoms with Gasteiger partial charge in [-0.15, -0.1) is 11.8 Å². The first-order valence-electron chi connectivity index (χ1n) is 39.2. The summed E-state index contributed by atoms with van der Waals surface area (Å²) in [7, 11) is 1.95. The average molecular weight is 1710 g/mol.